The van der Waals surface area contributed by atoms with Crippen LogP contribution in [-0.2, 0) is 0 Å². The summed E-state index contributed by atoms with van der Waals surface area (Å²) in [6.07, 6.45) is 2.10. The fourth-order valence-electron chi connectivity index (χ4n) is 3.22. The van der Waals surface area contributed by atoms with Gasteiger partial charge in [-0.15, -0.1) is 0 Å². The fraction of sp³-hybridized carbons (Fsp3) is 0.647. The number of piperazine rings is 1. The number of nitrogens with two attached hydrogens (primary N) is 1. The molecule has 2 rings (SSSR count). The van der Waals surface area contributed by atoms with Gasteiger partial charge in [-0.1, -0.05) is 26.0 Å². The molecule has 21 heavy (non-hydrogen) atoms. The lowest BCUT2D eigenvalue weighted by Crippen LogP contribution is -2.51. The van der Waals surface area contributed by atoms with Gasteiger partial charge in [0.2, 0.25) is 0 Å². The van der Waals surface area contributed by atoms with E-state index >= 15 is 0 Å². The van der Waals surface area contributed by atoms with Gasteiger partial charge in [0.15, 0.2) is 0 Å². The van der Waals surface area contributed by atoms with Crippen molar-refractivity contribution in [2.45, 2.75) is 38.8 Å². The SMILES string of the molecule is CCCN1CCN(C(c2cccc(F)c2)C(N)CC)CC1. The van der Waals surface area contributed by atoms with Gasteiger partial charge < -0.3 is 10.6 Å². The predicted molar refractivity (Wildman–Crippen MR) is 85.7 cm³/mol. The Balaban J connectivity index is 2.11. The van der Waals surface area contributed by atoms with Crippen molar-refractivity contribution in [2.75, 3.05) is 32.7 Å². The van der Waals surface area contributed by atoms with E-state index < -0.39 is 0 Å². The molecule has 1 aliphatic rings. The first-order valence-electron chi connectivity index (χ1n) is 8.13. The summed E-state index contributed by atoms with van der Waals surface area (Å²) in [4.78, 5) is 4.92. The Morgan fingerprint density at radius 1 is 1.19 bits per heavy atom. The molecule has 1 fully saturated rings. The molecule has 0 bridgehead atoms. The lowest BCUT2D eigenvalue weighted by molar-refractivity contribution is 0.0835. The van der Waals surface area contributed by atoms with Crippen molar-refractivity contribution < 1.29 is 4.39 Å². The van der Waals surface area contributed by atoms with Crippen LogP contribution in [0.25, 0.3) is 0 Å². The average molecular weight is 293 g/mol. The van der Waals surface area contributed by atoms with Gasteiger partial charge in [-0.05, 0) is 37.1 Å². The monoisotopic (exact) mass is 293 g/mol. The predicted octanol–water partition coefficient (Wildman–Crippen LogP) is 2.63. The third-order valence-corrected chi connectivity index (χ3v) is 4.41. The highest BCUT2D eigenvalue weighted by Crippen LogP contribution is 2.26. The molecule has 1 heterocycles. The van der Waals surface area contributed by atoms with Crippen LogP contribution in [0.5, 0.6) is 0 Å². The second kappa shape index (κ2) is 7.87. The smallest absolute Gasteiger partial charge is 0.123 e. The van der Waals surface area contributed by atoms with Crippen LogP contribution in [0.4, 0.5) is 4.39 Å². The van der Waals surface area contributed by atoms with Crippen LogP contribution in [0.3, 0.4) is 0 Å². The molecule has 0 aromatic heterocycles. The third kappa shape index (κ3) is 4.25. The number of hydrogen-bond acceptors (Lipinski definition) is 3. The van der Waals surface area contributed by atoms with Crippen molar-refractivity contribution in [2.24, 2.45) is 5.73 Å². The standard InChI is InChI=1S/C17H28FN3/c1-3-8-20-9-11-21(12-10-20)17(16(19)4-2)14-6-5-7-15(18)13-14/h5-7,13,16-17H,3-4,8-12,19H2,1-2H3. The molecular weight excluding hydrogens is 265 g/mol. The highest BCUT2D eigenvalue weighted by atomic mass is 19.1. The topological polar surface area (TPSA) is 32.5 Å². The van der Waals surface area contributed by atoms with Gasteiger partial charge in [-0.2, -0.15) is 0 Å². The molecule has 2 atom stereocenters. The zero-order valence-electron chi connectivity index (χ0n) is 13.3. The molecule has 0 radical (unpaired) electrons. The zero-order valence-corrected chi connectivity index (χ0v) is 13.3. The van der Waals surface area contributed by atoms with Crippen LogP contribution < -0.4 is 5.73 Å². The molecule has 1 aromatic rings. The van der Waals surface area contributed by atoms with Gasteiger partial charge in [0.1, 0.15) is 5.82 Å². The lowest BCUT2D eigenvalue weighted by atomic mass is 9.95. The Morgan fingerprint density at radius 2 is 1.90 bits per heavy atom. The quantitative estimate of drug-likeness (QED) is 0.875. The van der Waals surface area contributed by atoms with E-state index in [-0.39, 0.29) is 17.9 Å². The third-order valence-electron chi connectivity index (χ3n) is 4.41. The van der Waals surface area contributed by atoms with E-state index in [1.54, 1.807) is 12.1 Å². The molecule has 4 heteroatoms. The maximum absolute atomic E-state index is 13.6. The fourth-order valence-corrected chi connectivity index (χ4v) is 3.22. The molecule has 2 unspecified atom stereocenters. The summed E-state index contributed by atoms with van der Waals surface area (Å²) in [5, 5.41) is 0. The normalized spacial score (nSPS) is 20.4. The largest absolute Gasteiger partial charge is 0.326 e. The molecule has 1 aromatic carbocycles. The summed E-state index contributed by atoms with van der Waals surface area (Å²) in [5.74, 6) is -0.176. The average Bonchev–Trinajstić information content (AvgIpc) is 2.49. The zero-order chi connectivity index (χ0) is 15.2. The number of halogens is 1. The summed E-state index contributed by atoms with van der Waals surface area (Å²) >= 11 is 0. The Labute approximate surface area is 127 Å². The molecule has 1 aliphatic heterocycles. The van der Waals surface area contributed by atoms with Gasteiger partial charge in [-0.25, -0.2) is 4.39 Å². The van der Waals surface area contributed by atoms with Crippen molar-refractivity contribution in [1.82, 2.24) is 9.80 Å². The first-order chi connectivity index (χ1) is 10.2. The Kier molecular flexibility index (Phi) is 6.15. The van der Waals surface area contributed by atoms with Crippen molar-refractivity contribution in [3.05, 3.63) is 35.6 Å². The van der Waals surface area contributed by atoms with E-state index in [2.05, 4.69) is 23.6 Å². The molecular formula is C17H28FN3. The Morgan fingerprint density at radius 3 is 2.48 bits per heavy atom. The first kappa shape index (κ1) is 16.4. The van der Waals surface area contributed by atoms with Crippen molar-refractivity contribution in [1.29, 1.82) is 0 Å². The summed E-state index contributed by atoms with van der Waals surface area (Å²) in [6, 6.07) is 7.09. The van der Waals surface area contributed by atoms with Gasteiger partial charge >= 0.3 is 0 Å². The Hall–Kier alpha value is -0.970. The van der Waals surface area contributed by atoms with Crippen LogP contribution in [-0.4, -0.2) is 48.6 Å². The summed E-state index contributed by atoms with van der Waals surface area (Å²) in [6.45, 7) is 9.66. The molecule has 0 saturated carbocycles. The summed E-state index contributed by atoms with van der Waals surface area (Å²) in [7, 11) is 0. The van der Waals surface area contributed by atoms with Crippen LogP contribution >= 0.6 is 0 Å². The van der Waals surface area contributed by atoms with Crippen LogP contribution in [0.15, 0.2) is 24.3 Å². The highest BCUT2D eigenvalue weighted by molar-refractivity contribution is 5.22. The van der Waals surface area contributed by atoms with Gasteiger partial charge in [0.25, 0.3) is 0 Å². The number of nitrogens with zero attached hydrogens (tertiary/aromatic N) is 2. The summed E-state index contributed by atoms with van der Waals surface area (Å²) < 4.78 is 13.6. The van der Waals surface area contributed by atoms with Gasteiger partial charge in [0, 0.05) is 32.2 Å². The van der Waals surface area contributed by atoms with E-state index in [4.69, 9.17) is 5.73 Å². The molecule has 0 amide bonds. The molecule has 0 aliphatic carbocycles. The van der Waals surface area contributed by atoms with Crippen molar-refractivity contribution in [3.8, 4) is 0 Å². The van der Waals surface area contributed by atoms with Crippen molar-refractivity contribution >= 4 is 0 Å². The maximum atomic E-state index is 13.6. The number of benzene rings is 1. The van der Waals surface area contributed by atoms with E-state index in [0.717, 1.165) is 44.7 Å². The first-order valence-corrected chi connectivity index (χ1v) is 8.13. The lowest BCUT2D eigenvalue weighted by Gasteiger charge is -2.41. The minimum absolute atomic E-state index is 0.0459. The number of rotatable bonds is 6. The van der Waals surface area contributed by atoms with E-state index in [1.807, 2.05) is 6.07 Å². The molecule has 2 N–H and O–H groups in total. The maximum Gasteiger partial charge on any atom is 0.123 e. The molecule has 3 nitrogen and oxygen atoms in total. The van der Waals surface area contributed by atoms with E-state index in [9.17, 15) is 4.39 Å². The van der Waals surface area contributed by atoms with Gasteiger partial charge in [0.05, 0.1) is 6.04 Å². The number of hydrogen-bond donors (Lipinski definition) is 1. The molecule has 0 spiro atoms. The second-order valence-corrected chi connectivity index (χ2v) is 5.95. The minimum atomic E-state index is -0.176. The Bertz CT molecular complexity index is 430. The minimum Gasteiger partial charge on any atom is -0.326 e. The van der Waals surface area contributed by atoms with Crippen molar-refractivity contribution in [3.63, 3.8) is 0 Å². The van der Waals surface area contributed by atoms with Crippen LogP contribution in [0.2, 0.25) is 0 Å². The second-order valence-electron chi connectivity index (χ2n) is 5.95. The van der Waals surface area contributed by atoms with Gasteiger partial charge in [-0.3, -0.25) is 4.90 Å². The van der Waals surface area contributed by atoms with E-state index in [1.165, 1.54) is 12.5 Å². The van der Waals surface area contributed by atoms with Crippen LogP contribution in [0, 0.1) is 5.82 Å². The molecule has 118 valence electrons. The van der Waals surface area contributed by atoms with E-state index in [0.29, 0.717) is 0 Å². The summed E-state index contributed by atoms with van der Waals surface area (Å²) in [5.41, 5.74) is 7.35. The highest BCUT2D eigenvalue weighted by Gasteiger charge is 2.28. The van der Waals surface area contributed by atoms with Crippen LogP contribution in [0.1, 0.15) is 38.3 Å². The molecule has 1 saturated heterocycles.